The van der Waals surface area contributed by atoms with Crippen LogP contribution in [0.25, 0.3) is 0 Å². The van der Waals surface area contributed by atoms with E-state index in [1.165, 1.54) is 135 Å². The summed E-state index contributed by atoms with van der Waals surface area (Å²) in [4.78, 5) is 13.5. The molecule has 2 heteroatoms. The number of hydrogen-bond donors (Lipinski definition) is 0. The molecule has 0 aliphatic rings. The molecule has 0 aliphatic carbocycles. The van der Waals surface area contributed by atoms with Crippen LogP contribution in [-0.2, 0) is 4.79 Å². The van der Waals surface area contributed by atoms with Crippen LogP contribution in [0.1, 0.15) is 148 Å². The zero-order valence-corrected chi connectivity index (χ0v) is 18.6. The fourth-order valence-corrected chi connectivity index (χ4v) is 3.85. The number of isocyanates is 1. The van der Waals surface area contributed by atoms with E-state index in [0.717, 1.165) is 6.42 Å². The Morgan fingerprint density at radius 3 is 0.963 bits per heavy atom. The Morgan fingerprint density at radius 2 is 0.704 bits per heavy atom. The van der Waals surface area contributed by atoms with E-state index in [1.807, 2.05) is 0 Å². The summed E-state index contributed by atoms with van der Waals surface area (Å²) in [6, 6.07) is 0. The van der Waals surface area contributed by atoms with Crippen molar-refractivity contribution in [1.29, 1.82) is 0 Å². The van der Waals surface area contributed by atoms with Gasteiger partial charge in [0.1, 0.15) is 0 Å². The molecule has 0 unspecified atom stereocenters. The second-order valence-corrected chi connectivity index (χ2v) is 8.40. The normalized spacial score (nSPS) is 10.9. The van der Waals surface area contributed by atoms with E-state index in [4.69, 9.17) is 0 Å². The third-order valence-electron chi connectivity index (χ3n) is 5.69. The number of carbonyl (C=O) groups excluding carboxylic acids is 1. The minimum atomic E-state index is 0.669. The molecule has 0 aliphatic heterocycles. The van der Waals surface area contributed by atoms with Gasteiger partial charge in [-0.2, -0.15) is 0 Å². The smallest absolute Gasteiger partial charge is 0.211 e. The Bertz CT molecular complexity index is 309. The summed E-state index contributed by atoms with van der Waals surface area (Å²) in [5.74, 6) is 0. The molecule has 0 radical (unpaired) electrons. The van der Waals surface area contributed by atoms with Crippen LogP contribution in [0.4, 0.5) is 0 Å². The van der Waals surface area contributed by atoms with Gasteiger partial charge in [0.2, 0.25) is 6.08 Å². The van der Waals surface area contributed by atoms with Crippen molar-refractivity contribution in [2.75, 3.05) is 6.54 Å². The third-order valence-corrected chi connectivity index (χ3v) is 5.69. The number of rotatable bonds is 23. The van der Waals surface area contributed by atoms with Crippen molar-refractivity contribution in [3.8, 4) is 0 Å². The minimum absolute atomic E-state index is 0.669. The molecular weight excluding hydrogens is 330 g/mol. The number of aliphatic imine (C=N–C) groups is 1. The van der Waals surface area contributed by atoms with E-state index in [-0.39, 0.29) is 0 Å². The monoisotopic (exact) mass is 379 g/mol. The van der Waals surface area contributed by atoms with E-state index in [2.05, 4.69) is 11.9 Å². The fraction of sp³-hybridized carbons (Fsp3) is 0.960. The van der Waals surface area contributed by atoms with Crippen molar-refractivity contribution < 1.29 is 4.79 Å². The molecule has 0 atom stereocenters. The van der Waals surface area contributed by atoms with Gasteiger partial charge in [-0.25, -0.2) is 9.79 Å². The molecule has 0 saturated heterocycles. The molecule has 0 fully saturated rings. The summed E-state index contributed by atoms with van der Waals surface area (Å²) in [6.07, 6.45) is 32.5. The Morgan fingerprint density at radius 1 is 0.444 bits per heavy atom. The Balaban J connectivity index is 2.98. The molecule has 2 nitrogen and oxygen atoms in total. The van der Waals surface area contributed by atoms with Crippen molar-refractivity contribution >= 4 is 6.08 Å². The lowest BCUT2D eigenvalue weighted by Crippen LogP contribution is -1.85. The molecule has 0 aromatic heterocycles. The molecule has 160 valence electrons. The molecule has 0 aromatic rings. The molecule has 0 amide bonds. The van der Waals surface area contributed by atoms with Crippen LogP contribution in [0.2, 0.25) is 0 Å². The zero-order valence-electron chi connectivity index (χ0n) is 18.6. The van der Waals surface area contributed by atoms with Gasteiger partial charge in [0.15, 0.2) is 0 Å². The maximum atomic E-state index is 9.93. The van der Waals surface area contributed by atoms with Crippen molar-refractivity contribution in [2.45, 2.75) is 148 Å². The lowest BCUT2D eigenvalue weighted by molar-refractivity contribution is 0.519. The van der Waals surface area contributed by atoms with Gasteiger partial charge in [-0.1, -0.05) is 142 Å². The van der Waals surface area contributed by atoms with Crippen LogP contribution in [0.3, 0.4) is 0 Å². The zero-order chi connectivity index (χ0) is 19.7. The lowest BCUT2D eigenvalue weighted by atomic mass is 10.0. The minimum Gasteiger partial charge on any atom is -0.211 e. The van der Waals surface area contributed by atoms with Gasteiger partial charge in [0, 0.05) is 0 Å². The van der Waals surface area contributed by atoms with E-state index in [0.29, 0.717) is 6.54 Å². The predicted octanol–water partition coefficient (Wildman–Crippen LogP) is 8.92. The summed E-state index contributed by atoms with van der Waals surface area (Å²) >= 11 is 0. The number of hydrogen-bond acceptors (Lipinski definition) is 2. The van der Waals surface area contributed by atoms with Crippen LogP contribution in [0.15, 0.2) is 4.99 Å². The van der Waals surface area contributed by atoms with Gasteiger partial charge in [-0.05, 0) is 6.42 Å². The van der Waals surface area contributed by atoms with Gasteiger partial charge in [0.25, 0.3) is 0 Å². The second kappa shape index (κ2) is 25.4. The van der Waals surface area contributed by atoms with Crippen molar-refractivity contribution in [3.05, 3.63) is 0 Å². The largest absolute Gasteiger partial charge is 0.234 e. The summed E-state index contributed by atoms with van der Waals surface area (Å²) < 4.78 is 0. The highest BCUT2D eigenvalue weighted by molar-refractivity contribution is 5.32. The summed E-state index contributed by atoms with van der Waals surface area (Å²) in [5.41, 5.74) is 0. The van der Waals surface area contributed by atoms with Crippen molar-refractivity contribution in [1.82, 2.24) is 0 Å². The quantitative estimate of drug-likeness (QED) is 0.0989. The Labute approximate surface area is 171 Å². The van der Waals surface area contributed by atoms with E-state index in [9.17, 15) is 4.79 Å². The van der Waals surface area contributed by atoms with Crippen LogP contribution in [0.5, 0.6) is 0 Å². The molecule has 0 spiro atoms. The first-order valence-electron chi connectivity index (χ1n) is 12.5. The number of nitrogens with zero attached hydrogens (tertiary/aromatic N) is 1. The lowest BCUT2D eigenvalue weighted by Gasteiger charge is -2.04. The molecule has 0 aromatic carbocycles. The summed E-state index contributed by atoms with van der Waals surface area (Å²) in [6.45, 7) is 2.96. The van der Waals surface area contributed by atoms with Gasteiger partial charge < -0.3 is 0 Å². The highest BCUT2D eigenvalue weighted by atomic mass is 16.1. The standard InChI is InChI=1S/C25H49NO/c1-2-3-4-5-6-7-8-9-10-11-12-13-14-15-16-17-18-19-20-21-22-23-24-26-25-27/h2-24H2,1H3. The predicted molar refractivity (Wildman–Crippen MR) is 120 cm³/mol. The highest BCUT2D eigenvalue weighted by Crippen LogP contribution is 2.15. The molecule has 0 rings (SSSR count). The molecule has 0 bridgehead atoms. The topological polar surface area (TPSA) is 29.4 Å². The molecular formula is C25H49NO. The average Bonchev–Trinajstić information content (AvgIpc) is 2.68. The Kier molecular flexibility index (Phi) is 24.8. The Hall–Kier alpha value is -0.620. The first-order chi connectivity index (χ1) is 13.4. The molecule has 27 heavy (non-hydrogen) atoms. The SMILES string of the molecule is CCCCCCCCCCCCCCCCCCCCCCCCN=C=O. The third kappa shape index (κ3) is 25.4. The maximum absolute atomic E-state index is 9.93. The molecule has 0 heterocycles. The van der Waals surface area contributed by atoms with Crippen LogP contribution in [-0.4, -0.2) is 12.6 Å². The molecule has 0 saturated carbocycles. The number of unbranched alkanes of at least 4 members (excludes halogenated alkanes) is 21. The first-order valence-corrected chi connectivity index (χ1v) is 12.5. The van der Waals surface area contributed by atoms with Crippen molar-refractivity contribution in [2.24, 2.45) is 4.99 Å². The fourth-order valence-electron chi connectivity index (χ4n) is 3.85. The average molecular weight is 380 g/mol. The van der Waals surface area contributed by atoms with E-state index < -0.39 is 0 Å². The first kappa shape index (κ1) is 26.4. The molecule has 0 N–H and O–H groups in total. The van der Waals surface area contributed by atoms with Gasteiger partial charge >= 0.3 is 0 Å². The highest BCUT2D eigenvalue weighted by Gasteiger charge is 1.95. The van der Waals surface area contributed by atoms with Gasteiger partial charge in [-0.3, -0.25) is 0 Å². The van der Waals surface area contributed by atoms with Crippen LogP contribution >= 0.6 is 0 Å². The van der Waals surface area contributed by atoms with Crippen LogP contribution in [0, 0.1) is 0 Å². The summed E-state index contributed by atoms with van der Waals surface area (Å²) in [5, 5.41) is 0. The van der Waals surface area contributed by atoms with Crippen molar-refractivity contribution in [3.63, 3.8) is 0 Å². The maximum Gasteiger partial charge on any atom is 0.234 e. The van der Waals surface area contributed by atoms with E-state index >= 15 is 0 Å². The van der Waals surface area contributed by atoms with Crippen LogP contribution < -0.4 is 0 Å². The second-order valence-electron chi connectivity index (χ2n) is 8.40. The van der Waals surface area contributed by atoms with Gasteiger partial charge in [0.05, 0.1) is 6.54 Å². The van der Waals surface area contributed by atoms with E-state index in [1.54, 1.807) is 6.08 Å². The summed E-state index contributed by atoms with van der Waals surface area (Å²) in [7, 11) is 0. The van der Waals surface area contributed by atoms with Gasteiger partial charge in [-0.15, -0.1) is 0 Å².